The third kappa shape index (κ3) is 4.23. The molecule has 1 N–H and O–H groups in total. The molecule has 0 bridgehead atoms. The van der Waals surface area contributed by atoms with E-state index in [0.717, 1.165) is 12.0 Å². The first-order valence-corrected chi connectivity index (χ1v) is 11.7. The molecule has 0 atom stereocenters. The minimum absolute atomic E-state index is 0.136. The van der Waals surface area contributed by atoms with E-state index in [2.05, 4.69) is 25.2 Å². The molecule has 4 rings (SSSR count). The van der Waals surface area contributed by atoms with Crippen molar-refractivity contribution < 1.29 is 12.8 Å². The van der Waals surface area contributed by atoms with E-state index in [4.69, 9.17) is 0 Å². The van der Waals surface area contributed by atoms with Crippen LogP contribution in [0.25, 0.3) is 11.4 Å². The Morgan fingerprint density at radius 1 is 1.03 bits per heavy atom. The molecule has 9 nitrogen and oxygen atoms in total. The Kier molecular flexibility index (Phi) is 5.97. The van der Waals surface area contributed by atoms with Crippen molar-refractivity contribution in [2.45, 2.75) is 18.7 Å². The van der Waals surface area contributed by atoms with Gasteiger partial charge in [-0.3, -0.25) is 0 Å². The first-order chi connectivity index (χ1) is 15.2. The molecular formula is C21H26FN7O2S. The van der Waals surface area contributed by atoms with Gasteiger partial charge in [-0.05, 0) is 44.7 Å². The number of hydrogen-bond acceptors (Lipinski definition) is 7. The maximum Gasteiger partial charge on any atom is 0.243 e. The van der Waals surface area contributed by atoms with Gasteiger partial charge in [-0.2, -0.15) is 4.31 Å². The second kappa shape index (κ2) is 8.57. The number of anilines is 2. The van der Waals surface area contributed by atoms with Crippen molar-refractivity contribution >= 4 is 21.7 Å². The predicted octanol–water partition coefficient (Wildman–Crippen LogP) is 2.31. The van der Waals surface area contributed by atoms with Crippen LogP contribution in [0.3, 0.4) is 0 Å². The molecule has 0 aliphatic carbocycles. The maximum atomic E-state index is 14.4. The lowest BCUT2D eigenvalue weighted by Gasteiger charge is -2.31. The number of nitrogens with zero attached hydrogens (tertiary/aromatic N) is 6. The molecule has 1 aliphatic heterocycles. The minimum Gasteiger partial charge on any atom is -0.330 e. The van der Waals surface area contributed by atoms with Crippen LogP contribution in [0.15, 0.2) is 35.5 Å². The number of imidazole rings is 1. The lowest BCUT2D eigenvalue weighted by atomic mass is 10.2. The Balaban J connectivity index is 1.58. The standard InChI is InChI=1S/C21H26FN7O2S/c1-14-11-16(5-6-19(14)32(30,31)29-9-7-27(3)8-10-29)25-21-24-12-17(22)20(26-21)18-13-23-15(2)28(18)4/h5-6,11-13H,7-10H2,1-4H3,(H,24,25,26). The van der Waals surface area contributed by atoms with Gasteiger partial charge in [0, 0.05) is 38.9 Å². The number of halogens is 1. The molecule has 0 amide bonds. The Morgan fingerprint density at radius 2 is 1.75 bits per heavy atom. The summed E-state index contributed by atoms with van der Waals surface area (Å²) in [4.78, 5) is 14.9. The van der Waals surface area contributed by atoms with Gasteiger partial charge >= 0.3 is 0 Å². The van der Waals surface area contributed by atoms with E-state index in [1.807, 2.05) is 14.0 Å². The summed E-state index contributed by atoms with van der Waals surface area (Å²) in [6.07, 6.45) is 2.67. The second-order valence-corrected chi connectivity index (χ2v) is 9.86. The molecule has 11 heteroatoms. The fourth-order valence-electron chi connectivity index (χ4n) is 3.64. The van der Waals surface area contributed by atoms with Gasteiger partial charge in [0.15, 0.2) is 5.82 Å². The highest BCUT2D eigenvalue weighted by Crippen LogP contribution is 2.26. The fraction of sp³-hybridized carbons (Fsp3) is 0.381. The van der Waals surface area contributed by atoms with E-state index < -0.39 is 15.8 Å². The van der Waals surface area contributed by atoms with Crippen LogP contribution in [0, 0.1) is 19.7 Å². The molecule has 1 saturated heterocycles. The minimum atomic E-state index is -3.57. The van der Waals surface area contributed by atoms with Crippen molar-refractivity contribution in [1.82, 2.24) is 28.7 Å². The summed E-state index contributed by atoms with van der Waals surface area (Å²) < 4.78 is 43.8. The zero-order valence-corrected chi connectivity index (χ0v) is 19.3. The number of likely N-dealkylation sites (N-methyl/N-ethyl adjacent to an activating group) is 1. The van der Waals surface area contributed by atoms with Gasteiger partial charge in [-0.1, -0.05) is 0 Å². The summed E-state index contributed by atoms with van der Waals surface area (Å²) in [6.45, 7) is 5.93. The number of rotatable bonds is 5. The van der Waals surface area contributed by atoms with Crippen molar-refractivity contribution in [2.75, 3.05) is 38.5 Å². The molecule has 170 valence electrons. The van der Waals surface area contributed by atoms with Gasteiger partial charge in [-0.25, -0.2) is 27.8 Å². The monoisotopic (exact) mass is 459 g/mol. The Bertz CT molecular complexity index is 1250. The molecule has 0 unspecified atom stereocenters. The van der Waals surface area contributed by atoms with Crippen LogP contribution in [0.1, 0.15) is 11.4 Å². The summed E-state index contributed by atoms with van der Waals surface area (Å²) >= 11 is 0. The molecule has 0 spiro atoms. The molecule has 1 fully saturated rings. The van der Waals surface area contributed by atoms with E-state index in [1.54, 1.807) is 42.9 Å². The predicted molar refractivity (Wildman–Crippen MR) is 120 cm³/mol. The average Bonchev–Trinajstić information content (AvgIpc) is 3.08. The fourth-order valence-corrected chi connectivity index (χ4v) is 5.27. The smallest absolute Gasteiger partial charge is 0.243 e. The van der Waals surface area contributed by atoms with Crippen molar-refractivity contribution in [2.24, 2.45) is 7.05 Å². The molecule has 1 aromatic carbocycles. The number of benzene rings is 1. The van der Waals surface area contributed by atoms with Gasteiger partial charge in [-0.15, -0.1) is 0 Å². The largest absolute Gasteiger partial charge is 0.330 e. The van der Waals surface area contributed by atoms with Gasteiger partial charge in [0.05, 0.1) is 23.0 Å². The van der Waals surface area contributed by atoms with E-state index in [-0.39, 0.29) is 16.5 Å². The summed E-state index contributed by atoms with van der Waals surface area (Å²) in [7, 11) is 0.199. The molecule has 3 aromatic rings. The zero-order chi connectivity index (χ0) is 23.0. The highest BCUT2D eigenvalue weighted by molar-refractivity contribution is 7.89. The Hall–Kier alpha value is -2.89. The van der Waals surface area contributed by atoms with E-state index >= 15 is 0 Å². The lowest BCUT2D eigenvalue weighted by molar-refractivity contribution is 0.222. The highest BCUT2D eigenvalue weighted by Gasteiger charge is 2.28. The molecule has 2 aromatic heterocycles. The third-order valence-electron chi connectivity index (χ3n) is 5.72. The summed E-state index contributed by atoms with van der Waals surface area (Å²) in [5, 5.41) is 3.04. The number of aromatic nitrogens is 4. The molecule has 32 heavy (non-hydrogen) atoms. The van der Waals surface area contributed by atoms with Crippen LogP contribution in [-0.4, -0.2) is 70.4 Å². The third-order valence-corrected chi connectivity index (χ3v) is 7.78. The van der Waals surface area contributed by atoms with Gasteiger partial charge in [0.1, 0.15) is 11.5 Å². The molecular weight excluding hydrogens is 433 g/mol. The quantitative estimate of drug-likeness (QED) is 0.625. The Labute approximate surface area is 187 Å². The van der Waals surface area contributed by atoms with Crippen molar-refractivity contribution in [3.8, 4) is 11.4 Å². The first-order valence-electron chi connectivity index (χ1n) is 10.2. The SMILES string of the molecule is Cc1cc(Nc2ncc(F)c(-c3cnc(C)n3C)n2)ccc1S(=O)(=O)N1CCN(C)CC1. The first kappa shape index (κ1) is 22.3. The average molecular weight is 460 g/mol. The van der Waals surface area contributed by atoms with Crippen LogP contribution >= 0.6 is 0 Å². The van der Waals surface area contributed by atoms with E-state index in [0.29, 0.717) is 43.1 Å². The highest BCUT2D eigenvalue weighted by atomic mass is 32.2. The summed E-state index contributed by atoms with van der Waals surface area (Å²) in [6, 6.07) is 4.97. The number of sulfonamides is 1. The molecule has 1 aliphatic rings. The number of hydrogen-bond donors (Lipinski definition) is 1. The molecule has 3 heterocycles. The topological polar surface area (TPSA) is 96.2 Å². The number of aryl methyl sites for hydroxylation is 2. The van der Waals surface area contributed by atoms with Crippen LogP contribution in [0.4, 0.5) is 16.0 Å². The van der Waals surface area contributed by atoms with E-state index in [9.17, 15) is 12.8 Å². The normalized spacial score (nSPS) is 15.8. The number of nitrogens with one attached hydrogen (secondary N) is 1. The van der Waals surface area contributed by atoms with Crippen molar-refractivity contribution in [3.05, 3.63) is 47.8 Å². The van der Waals surface area contributed by atoms with Crippen LogP contribution in [0.2, 0.25) is 0 Å². The summed E-state index contributed by atoms with van der Waals surface area (Å²) in [5.74, 6) is 0.387. The maximum absolute atomic E-state index is 14.4. The van der Waals surface area contributed by atoms with Gasteiger partial charge in [0.2, 0.25) is 16.0 Å². The van der Waals surface area contributed by atoms with Crippen LogP contribution in [-0.2, 0) is 17.1 Å². The number of piperazine rings is 1. The molecule has 0 radical (unpaired) electrons. The van der Waals surface area contributed by atoms with Crippen molar-refractivity contribution in [1.29, 1.82) is 0 Å². The van der Waals surface area contributed by atoms with Crippen LogP contribution < -0.4 is 5.32 Å². The van der Waals surface area contributed by atoms with Crippen molar-refractivity contribution in [3.63, 3.8) is 0 Å². The lowest BCUT2D eigenvalue weighted by Crippen LogP contribution is -2.47. The van der Waals surface area contributed by atoms with E-state index in [1.165, 1.54) is 4.31 Å². The zero-order valence-electron chi connectivity index (χ0n) is 18.5. The van der Waals surface area contributed by atoms with Crippen LogP contribution in [0.5, 0.6) is 0 Å². The Morgan fingerprint density at radius 3 is 2.38 bits per heavy atom. The second-order valence-electron chi connectivity index (χ2n) is 7.95. The molecule has 0 saturated carbocycles. The van der Waals surface area contributed by atoms with Gasteiger partial charge in [0.25, 0.3) is 0 Å². The summed E-state index contributed by atoms with van der Waals surface area (Å²) in [5.41, 5.74) is 1.89. The van der Waals surface area contributed by atoms with Gasteiger partial charge < -0.3 is 14.8 Å².